The number of piperazine rings is 1. The van der Waals surface area contributed by atoms with Crippen LogP contribution in [0, 0.1) is 4.77 Å². The first kappa shape index (κ1) is 22.3. The van der Waals surface area contributed by atoms with Gasteiger partial charge in [-0.2, -0.15) is 0 Å². The van der Waals surface area contributed by atoms with E-state index < -0.39 is 0 Å². The molecule has 0 atom stereocenters. The summed E-state index contributed by atoms with van der Waals surface area (Å²) >= 11 is 8.71. The molecule has 1 saturated heterocycles. The van der Waals surface area contributed by atoms with Crippen molar-refractivity contribution in [1.29, 1.82) is 0 Å². The van der Waals surface area contributed by atoms with E-state index in [-0.39, 0.29) is 0 Å². The lowest BCUT2D eigenvalue weighted by atomic mass is 10.2. The van der Waals surface area contributed by atoms with Gasteiger partial charge < -0.3 is 24.6 Å². The third-order valence-corrected chi connectivity index (χ3v) is 7.23. The van der Waals surface area contributed by atoms with Gasteiger partial charge in [-0.1, -0.05) is 40.2 Å². The van der Waals surface area contributed by atoms with Crippen molar-refractivity contribution < 1.29 is 4.74 Å². The minimum absolute atomic E-state index is 0.614. The average Bonchev–Trinajstić information content (AvgIpc) is 3.48. The first-order valence-corrected chi connectivity index (χ1v) is 12.9. The number of hydrogen-bond acceptors (Lipinski definition) is 5. The highest BCUT2D eigenvalue weighted by molar-refractivity contribution is 9.10. The quantitative estimate of drug-likeness (QED) is 0.236. The Morgan fingerprint density at radius 1 is 0.886 bits per heavy atom. The highest BCUT2D eigenvalue weighted by Gasteiger charge is 2.20. The van der Waals surface area contributed by atoms with Gasteiger partial charge in [-0.3, -0.25) is 4.90 Å². The molecule has 0 amide bonds. The first-order valence-electron chi connectivity index (χ1n) is 11.7. The predicted molar refractivity (Wildman–Crippen MR) is 147 cm³/mol. The number of aromatic nitrogens is 4. The smallest absolute Gasteiger partial charge is 0.175 e. The van der Waals surface area contributed by atoms with Gasteiger partial charge >= 0.3 is 0 Å². The Labute approximate surface area is 216 Å². The molecule has 1 aliphatic rings. The van der Waals surface area contributed by atoms with Gasteiger partial charge in [0.2, 0.25) is 0 Å². The summed E-state index contributed by atoms with van der Waals surface area (Å²) in [6.45, 7) is 5.41. The number of anilines is 1. The number of nitrogens with zero attached hydrogens (tertiary/aromatic N) is 3. The predicted octanol–water partition coefficient (Wildman–Crippen LogP) is 5.73. The fourth-order valence-corrected chi connectivity index (χ4v) is 5.14. The molecule has 1 fully saturated rings. The van der Waals surface area contributed by atoms with Crippen LogP contribution < -0.4 is 9.64 Å². The number of H-pyrrole nitrogens is 3. The summed E-state index contributed by atoms with van der Waals surface area (Å²) in [6, 6.07) is 20.6. The summed E-state index contributed by atoms with van der Waals surface area (Å²) in [5.74, 6) is 1.73. The third-order valence-electron chi connectivity index (χ3n) is 6.50. The Morgan fingerprint density at radius 3 is 2.49 bits per heavy atom. The monoisotopic (exact) mass is 548 g/mol. The number of hydrogen-bond donors (Lipinski definition) is 3. The summed E-state index contributed by atoms with van der Waals surface area (Å²) in [6.07, 6.45) is 0. The van der Waals surface area contributed by atoms with Crippen molar-refractivity contribution in [2.45, 2.75) is 0 Å². The lowest BCUT2D eigenvalue weighted by molar-refractivity contribution is 0.201. The second-order valence-electron chi connectivity index (χ2n) is 8.70. The summed E-state index contributed by atoms with van der Waals surface area (Å²) in [5, 5.41) is 0. The molecule has 0 aliphatic carbocycles. The average molecular weight is 549 g/mol. The van der Waals surface area contributed by atoms with Gasteiger partial charge in [-0.05, 0) is 48.6 Å². The summed E-state index contributed by atoms with van der Waals surface area (Å²) in [5.41, 5.74) is 6.26. The maximum atomic E-state index is 6.09. The largest absolute Gasteiger partial charge is 0.490 e. The highest BCUT2D eigenvalue weighted by atomic mass is 79.9. The zero-order valence-electron chi connectivity index (χ0n) is 19.1. The van der Waals surface area contributed by atoms with E-state index in [9.17, 15) is 0 Å². The number of rotatable bonds is 6. The summed E-state index contributed by atoms with van der Waals surface area (Å²) in [7, 11) is 0. The van der Waals surface area contributed by atoms with E-state index >= 15 is 0 Å². The molecule has 0 saturated carbocycles. The van der Waals surface area contributed by atoms with Crippen molar-refractivity contribution >= 4 is 55.9 Å². The highest BCUT2D eigenvalue weighted by Crippen LogP contribution is 2.29. The maximum Gasteiger partial charge on any atom is 0.175 e. The van der Waals surface area contributed by atoms with Crippen molar-refractivity contribution in [3.63, 3.8) is 0 Å². The molecule has 3 N–H and O–H groups in total. The van der Waals surface area contributed by atoms with E-state index in [4.69, 9.17) is 21.9 Å². The van der Waals surface area contributed by atoms with Crippen molar-refractivity contribution in [2.75, 3.05) is 44.2 Å². The van der Waals surface area contributed by atoms with Crippen LogP contribution in [0.5, 0.6) is 5.75 Å². The van der Waals surface area contributed by atoms with Crippen LogP contribution in [-0.4, -0.2) is 64.2 Å². The third kappa shape index (κ3) is 4.59. The topological polar surface area (TPSA) is 76.0 Å². The van der Waals surface area contributed by atoms with Crippen LogP contribution >= 0.6 is 28.1 Å². The molecule has 2 aromatic heterocycles. The van der Waals surface area contributed by atoms with Gasteiger partial charge in [0.25, 0.3) is 0 Å². The first-order chi connectivity index (χ1) is 17.1. The molecule has 35 heavy (non-hydrogen) atoms. The molecule has 0 unspecified atom stereocenters. The minimum Gasteiger partial charge on any atom is -0.490 e. The Morgan fingerprint density at radius 2 is 1.66 bits per heavy atom. The van der Waals surface area contributed by atoms with Gasteiger partial charge in [0.05, 0.1) is 16.7 Å². The molecule has 0 spiro atoms. The fourth-order valence-electron chi connectivity index (χ4n) is 4.67. The molecule has 3 aromatic carbocycles. The van der Waals surface area contributed by atoms with E-state index in [0.29, 0.717) is 11.4 Å². The molecule has 1 aliphatic heterocycles. The van der Waals surface area contributed by atoms with Gasteiger partial charge in [-0.25, -0.2) is 4.98 Å². The van der Waals surface area contributed by atoms with Gasteiger partial charge in [0.15, 0.2) is 4.77 Å². The van der Waals surface area contributed by atoms with Crippen LogP contribution in [0.25, 0.3) is 33.5 Å². The lowest BCUT2D eigenvalue weighted by Crippen LogP contribution is -2.47. The normalized spacial score (nSPS) is 14.7. The van der Waals surface area contributed by atoms with Crippen LogP contribution in [-0.2, 0) is 0 Å². The number of halogens is 1. The molecule has 7 nitrogen and oxygen atoms in total. The zero-order chi connectivity index (χ0) is 23.8. The van der Waals surface area contributed by atoms with Gasteiger partial charge in [0.1, 0.15) is 29.2 Å². The molecule has 9 heteroatoms. The standard InChI is InChI=1S/C26H25BrN6OS/c27-18-9-7-17(8-10-18)25-28-19-3-1-5-21(23(19)30-25)33-13-11-32(12-14-33)15-16-34-22-6-2-4-20-24(22)31-26(35)29-20/h1-10H,11-16H2,(H,28,30)(H2,29,31,35). The molecule has 0 radical (unpaired) electrons. The van der Waals surface area contributed by atoms with Crippen LogP contribution in [0.3, 0.4) is 0 Å². The van der Waals surface area contributed by atoms with E-state index in [1.54, 1.807) is 0 Å². The second kappa shape index (κ2) is 9.49. The van der Waals surface area contributed by atoms with Crippen molar-refractivity contribution in [3.05, 3.63) is 69.9 Å². The second-order valence-corrected chi connectivity index (χ2v) is 10.0. The Bertz CT molecular complexity index is 1530. The Hall–Kier alpha value is -3.14. The number of benzene rings is 3. The molecule has 0 bridgehead atoms. The molecule has 3 heterocycles. The van der Waals surface area contributed by atoms with Crippen molar-refractivity contribution in [1.82, 2.24) is 24.8 Å². The SMILES string of the molecule is S=c1[nH]c2cccc(OCCN3CCN(c4cccc5[nH]c(-c6ccc(Br)cc6)nc45)CC3)c2[nH]1. The van der Waals surface area contributed by atoms with E-state index in [1.807, 2.05) is 30.3 Å². The Balaban J connectivity index is 1.10. The number of fused-ring (bicyclic) bond motifs is 2. The van der Waals surface area contributed by atoms with Crippen LogP contribution in [0.15, 0.2) is 65.1 Å². The molecule has 6 rings (SSSR count). The van der Waals surface area contributed by atoms with E-state index in [2.05, 4.69) is 71.0 Å². The number of ether oxygens (including phenoxy) is 1. The molecule has 178 valence electrons. The van der Waals surface area contributed by atoms with Gasteiger partial charge in [0, 0.05) is 42.8 Å². The number of nitrogens with one attached hydrogen (secondary N) is 3. The fraction of sp³-hybridized carbons (Fsp3) is 0.231. The van der Waals surface area contributed by atoms with E-state index in [0.717, 1.165) is 76.4 Å². The van der Waals surface area contributed by atoms with Crippen LogP contribution in [0.1, 0.15) is 0 Å². The van der Waals surface area contributed by atoms with Crippen LogP contribution in [0.4, 0.5) is 5.69 Å². The van der Waals surface area contributed by atoms with E-state index in [1.165, 1.54) is 5.69 Å². The zero-order valence-corrected chi connectivity index (χ0v) is 21.5. The number of imidazole rings is 2. The number of para-hydroxylation sites is 2. The maximum absolute atomic E-state index is 6.09. The molecular formula is C26H25BrN6OS. The number of aromatic amines is 3. The lowest BCUT2D eigenvalue weighted by Gasteiger charge is -2.36. The molecule has 5 aromatic rings. The molecular weight excluding hydrogens is 524 g/mol. The minimum atomic E-state index is 0.614. The van der Waals surface area contributed by atoms with Crippen molar-refractivity contribution in [2.24, 2.45) is 0 Å². The summed E-state index contributed by atoms with van der Waals surface area (Å²) < 4.78 is 7.76. The van der Waals surface area contributed by atoms with Gasteiger partial charge in [-0.15, -0.1) is 0 Å². The Kier molecular flexibility index (Phi) is 6.05. The van der Waals surface area contributed by atoms with Crippen molar-refractivity contribution in [3.8, 4) is 17.1 Å². The van der Waals surface area contributed by atoms with Crippen LogP contribution in [0.2, 0.25) is 0 Å². The summed E-state index contributed by atoms with van der Waals surface area (Å²) in [4.78, 5) is 19.6.